The fraction of sp³-hybridized carbons (Fsp3) is 0.200. The molecule has 3 heteroatoms. The van der Waals surface area contributed by atoms with E-state index < -0.39 is 6.17 Å². The molecule has 0 fully saturated rings. The molecule has 1 unspecified atom stereocenters. The van der Waals surface area contributed by atoms with Crippen LogP contribution in [0, 0.1) is 5.82 Å². The van der Waals surface area contributed by atoms with Gasteiger partial charge in [-0.25, -0.2) is 8.78 Å². The van der Waals surface area contributed by atoms with E-state index in [1.165, 1.54) is 24.3 Å². The second kappa shape index (κ2) is 4.41. The van der Waals surface area contributed by atoms with E-state index in [4.69, 9.17) is 0 Å². The second-order valence-corrected chi connectivity index (χ2v) is 4.51. The maximum absolute atomic E-state index is 14.3. The molecule has 1 N–H and O–H groups in total. The molecule has 0 radical (unpaired) electrons. The SMILES string of the molecule is Fc1ccc(C(F)c2ccc3c(c2)CCN3)cc1. The lowest BCUT2D eigenvalue weighted by molar-refractivity contribution is 0.401. The van der Waals surface area contributed by atoms with Gasteiger partial charge in [0.1, 0.15) is 5.82 Å². The number of anilines is 1. The number of rotatable bonds is 2. The fourth-order valence-electron chi connectivity index (χ4n) is 2.31. The smallest absolute Gasteiger partial charge is 0.150 e. The number of hydrogen-bond donors (Lipinski definition) is 1. The Balaban J connectivity index is 1.92. The average molecular weight is 245 g/mol. The van der Waals surface area contributed by atoms with Crippen molar-refractivity contribution < 1.29 is 8.78 Å². The molecule has 3 rings (SSSR count). The maximum Gasteiger partial charge on any atom is 0.150 e. The zero-order valence-corrected chi connectivity index (χ0v) is 9.79. The third-order valence-corrected chi connectivity index (χ3v) is 3.29. The number of halogens is 2. The molecule has 0 saturated carbocycles. The molecule has 18 heavy (non-hydrogen) atoms. The summed E-state index contributed by atoms with van der Waals surface area (Å²) in [5.74, 6) is -0.343. The largest absolute Gasteiger partial charge is 0.384 e. The Labute approximate surface area is 104 Å². The highest BCUT2D eigenvalue weighted by Gasteiger charge is 2.16. The predicted molar refractivity (Wildman–Crippen MR) is 68.0 cm³/mol. The summed E-state index contributed by atoms with van der Waals surface area (Å²) in [6, 6.07) is 11.1. The molecule has 1 heterocycles. The van der Waals surface area contributed by atoms with E-state index >= 15 is 0 Å². The highest BCUT2D eigenvalue weighted by molar-refractivity contribution is 5.57. The van der Waals surface area contributed by atoms with Crippen molar-refractivity contribution in [2.45, 2.75) is 12.6 Å². The van der Waals surface area contributed by atoms with Crippen LogP contribution in [0.3, 0.4) is 0 Å². The third-order valence-electron chi connectivity index (χ3n) is 3.29. The van der Waals surface area contributed by atoms with Crippen molar-refractivity contribution in [3.8, 4) is 0 Å². The van der Waals surface area contributed by atoms with Gasteiger partial charge in [0.15, 0.2) is 6.17 Å². The number of benzene rings is 2. The van der Waals surface area contributed by atoms with Crippen molar-refractivity contribution in [2.24, 2.45) is 0 Å². The van der Waals surface area contributed by atoms with E-state index in [2.05, 4.69) is 5.32 Å². The van der Waals surface area contributed by atoms with Gasteiger partial charge in [0.2, 0.25) is 0 Å². The van der Waals surface area contributed by atoms with Gasteiger partial charge >= 0.3 is 0 Å². The summed E-state index contributed by atoms with van der Waals surface area (Å²) in [6.45, 7) is 0.909. The van der Waals surface area contributed by atoms with Gasteiger partial charge in [-0.15, -0.1) is 0 Å². The Morgan fingerprint density at radius 3 is 2.50 bits per heavy atom. The highest BCUT2D eigenvalue weighted by atomic mass is 19.1. The third kappa shape index (κ3) is 1.96. The molecular weight excluding hydrogens is 232 g/mol. The minimum Gasteiger partial charge on any atom is -0.384 e. The quantitative estimate of drug-likeness (QED) is 0.847. The Kier molecular flexibility index (Phi) is 2.74. The normalized spacial score (nSPS) is 15.0. The lowest BCUT2D eigenvalue weighted by Gasteiger charge is -2.10. The van der Waals surface area contributed by atoms with E-state index in [-0.39, 0.29) is 5.82 Å². The van der Waals surface area contributed by atoms with Crippen LogP contribution in [-0.4, -0.2) is 6.54 Å². The van der Waals surface area contributed by atoms with Crippen LogP contribution < -0.4 is 5.32 Å². The van der Waals surface area contributed by atoms with E-state index in [1.807, 2.05) is 12.1 Å². The van der Waals surface area contributed by atoms with Crippen LogP contribution in [0.5, 0.6) is 0 Å². The van der Waals surface area contributed by atoms with Gasteiger partial charge < -0.3 is 5.32 Å². The molecule has 0 amide bonds. The monoisotopic (exact) mass is 245 g/mol. The molecule has 0 aromatic heterocycles. The number of fused-ring (bicyclic) bond motifs is 1. The lowest BCUT2D eigenvalue weighted by Crippen LogP contribution is -1.95. The van der Waals surface area contributed by atoms with Crippen LogP contribution in [0.25, 0.3) is 0 Å². The Morgan fingerprint density at radius 1 is 1.00 bits per heavy atom. The van der Waals surface area contributed by atoms with Crippen molar-refractivity contribution >= 4 is 5.69 Å². The van der Waals surface area contributed by atoms with Crippen LogP contribution in [0.4, 0.5) is 14.5 Å². The van der Waals surface area contributed by atoms with Gasteiger partial charge in [-0.2, -0.15) is 0 Å². The molecule has 1 atom stereocenters. The molecule has 1 aliphatic rings. The van der Waals surface area contributed by atoms with Crippen molar-refractivity contribution in [3.63, 3.8) is 0 Å². The summed E-state index contributed by atoms with van der Waals surface area (Å²) >= 11 is 0. The molecular formula is C15H13F2N. The Hall–Kier alpha value is -1.90. The highest BCUT2D eigenvalue weighted by Crippen LogP contribution is 2.31. The topological polar surface area (TPSA) is 12.0 Å². The Morgan fingerprint density at radius 2 is 1.72 bits per heavy atom. The van der Waals surface area contributed by atoms with Gasteiger partial charge in [0.05, 0.1) is 0 Å². The van der Waals surface area contributed by atoms with Crippen molar-refractivity contribution in [1.29, 1.82) is 0 Å². The van der Waals surface area contributed by atoms with Gasteiger partial charge in [-0.3, -0.25) is 0 Å². The number of alkyl halides is 1. The zero-order chi connectivity index (χ0) is 12.5. The summed E-state index contributed by atoms with van der Waals surface area (Å²) in [5, 5.41) is 3.24. The fourth-order valence-corrected chi connectivity index (χ4v) is 2.31. The summed E-state index contributed by atoms with van der Waals surface area (Å²) in [4.78, 5) is 0. The van der Waals surface area contributed by atoms with E-state index in [0.717, 1.165) is 24.2 Å². The molecule has 2 aromatic carbocycles. The first-order chi connectivity index (χ1) is 8.74. The van der Waals surface area contributed by atoms with Crippen molar-refractivity contribution in [1.82, 2.24) is 0 Å². The molecule has 0 saturated heterocycles. The standard InChI is InChI=1S/C15H13F2N/c16-13-4-1-10(2-5-13)15(17)12-3-6-14-11(9-12)7-8-18-14/h1-6,9,15,18H,7-8H2. The average Bonchev–Trinajstić information content (AvgIpc) is 2.86. The molecule has 1 nitrogen and oxygen atoms in total. The van der Waals surface area contributed by atoms with Crippen LogP contribution in [0.15, 0.2) is 42.5 Å². The predicted octanol–water partition coefficient (Wildman–Crippen LogP) is 3.85. The van der Waals surface area contributed by atoms with Gasteiger partial charge in [-0.05, 0) is 41.3 Å². The first kappa shape index (κ1) is 11.2. The van der Waals surface area contributed by atoms with Crippen LogP contribution in [0.2, 0.25) is 0 Å². The zero-order valence-electron chi connectivity index (χ0n) is 9.79. The van der Waals surface area contributed by atoms with Crippen LogP contribution >= 0.6 is 0 Å². The van der Waals surface area contributed by atoms with Gasteiger partial charge in [-0.1, -0.05) is 24.3 Å². The molecule has 0 aliphatic carbocycles. The molecule has 92 valence electrons. The van der Waals surface area contributed by atoms with Crippen LogP contribution in [0.1, 0.15) is 22.9 Å². The lowest BCUT2D eigenvalue weighted by atomic mass is 10.00. The van der Waals surface area contributed by atoms with Crippen LogP contribution in [-0.2, 0) is 6.42 Å². The van der Waals surface area contributed by atoms with Crippen molar-refractivity contribution in [2.75, 3.05) is 11.9 Å². The molecule has 2 aromatic rings. The minimum absolute atomic E-state index is 0.343. The minimum atomic E-state index is -1.20. The van der Waals surface area contributed by atoms with E-state index in [9.17, 15) is 8.78 Å². The van der Waals surface area contributed by atoms with E-state index in [1.54, 1.807) is 6.07 Å². The molecule has 1 aliphatic heterocycles. The number of nitrogens with one attached hydrogen (secondary N) is 1. The summed E-state index contributed by atoms with van der Waals surface area (Å²) in [7, 11) is 0. The first-order valence-corrected chi connectivity index (χ1v) is 6.00. The summed E-state index contributed by atoms with van der Waals surface area (Å²) in [5.41, 5.74) is 3.36. The number of hydrogen-bond acceptors (Lipinski definition) is 1. The second-order valence-electron chi connectivity index (χ2n) is 4.51. The summed E-state index contributed by atoms with van der Waals surface area (Å²) < 4.78 is 27.1. The molecule has 0 bridgehead atoms. The summed E-state index contributed by atoms with van der Waals surface area (Å²) in [6.07, 6.45) is -0.268. The first-order valence-electron chi connectivity index (χ1n) is 6.00. The Bertz CT molecular complexity index is 563. The van der Waals surface area contributed by atoms with Gasteiger partial charge in [0.25, 0.3) is 0 Å². The molecule has 0 spiro atoms. The maximum atomic E-state index is 14.3. The van der Waals surface area contributed by atoms with Crippen molar-refractivity contribution in [3.05, 3.63) is 65.0 Å². The van der Waals surface area contributed by atoms with E-state index in [0.29, 0.717) is 11.1 Å². The van der Waals surface area contributed by atoms with Gasteiger partial charge in [0, 0.05) is 12.2 Å².